The first-order chi connectivity index (χ1) is 8.10. The molecule has 1 aromatic carbocycles. The van der Waals surface area contributed by atoms with Crippen LogP contribution in [0.25, 0.3) is 0 Å². The number of hydrogen-bond acceptors (Lipinski definition) is 3. The van der Waals surface area contributed by atoms with Crippen molar-refractivity contribution in [3.63, 3.8) is 0 Å². The smallest absolute Gasteiger partial charge is 0.221 e. The Kier molecular flexibility index (Phi) is 5.25. The first kappa shape index (κ1) is 13.8. The maximum Gasteiger partial charge on any atom is 0.221 e. The average Bonchev–Trinajstić information content (AvgIpc) is 2.28. The van der Waals surface area contributed by atoms with Gasteiger partial charge in [-0.25, -0.2) is 0 Å². The van der Waals surface area contributed by atoms with Crippen molar-refractivity contribution in [2.24, 2.45) is 0 Å². The van der Waals surface area contributed by atoms with Gasteiger partial charge in [-0.15, -0.1) is 0 Å². The highest BCUT2D eigenvalue weighted by Gasteiger charge is 2.13. The Morgan fingerprint density at radius 1 is 1.47 bits per heavy atom. The van der Waals surface area contributed by atoms with Crippen LogP contribution in [0.1, 0.15) is 12.5 Å². The normalized spacial score (nSPS) is 10.1. The van der Waals surface area contributed by atoms with Gasteiger partial charge in [-0.2, -0.15) is 0 Å². The second kappa shape index (κ2) is 6.47. The number of anilines is 1. The van der Waals surface area contributed by atoms with E-state index in [1.54, 1.807) is 19.2 Å². The molecule has 0 bridgehead atoms. The number of carbonyl (C=O) groups excluding carboxylic acids is 1. The van der Waals surface area contributed by atoms with Crippen molar-refractivity contribution in [3.8, 4) is 5.75 Å². The second-order valence-electron chi connectivity index (χ2n) is 3.64. The third-order valence-corrected chi connectivity index (χ3v) is 2.72. The van der Waals surface area contributed by atoms with Gasteiger partial charge in [-0.1, -0.05) is 11.6 Å². The minimum Gasteiger partial charge on any atom is -0.495 e. The summed E-state index contributed by atoms with van der Waals surface area (Å²) in [6.45, 7) is 2.24. The fourth-order valence-corrected chi connectivity index (χ4v) is 1.83. The maximum absolute atomic E-state index is 11.2. The standard InChI is InChI=1S/C12H17ClN2O2/c1-8(16)15-12-9(6-7-14-2)10(13)4-5-11(12)17-3/h4-5,14H,6-7H2,1-3H3,(H,15,16). The molecule has 5 heteroatoms. The summed E-state index contributed by atoms with van der Waals surface area (Å²) in [5, 5.41) is 6.45. The summed E-state index contributed by atoms with van der Waals surface area (Å²) in [4.78, 5) is 11.2. The van der Waals surface area contributed by atoms with E-state index in [0.29, 0.717) is 16.5 Å². The Morgan fingerprint density at radius 3 is 2.71 bits per heavy atom. The molecule has 0 aliphatic heterocycles. The third-order valence-electron chi connectivity index (χ3n) is 2.36. The molecule has 0 radical (unpaired) electrons. The summed E-state index contributed by atoms with van der Waals surface area (Å²) in [7, 11) is 3.43. The number of benzene rings is 1. The molecule has 17 heavy (non-hydrogen) atoms. The minimum absolute atomic E-state index is 0.142. The zero-order valence-electron chi connectivity index (χ0n) is 10.3. The van der Waals surface area contributed by atoms with Crippen molar-refractivity contribution < 1.29 is 9.53 Å². The molecule has 2 N–H and O–H groups in total. The van der Waals surface area contributed by atoms with Crippen molar-refractivity contribution in [1.82, 2.24) is 5.32 Å². The lowest BCUT2D eigenvalue weighted by Crippen LogP contribution is -2.14. The van der Waals surface area contributed by atoms with Crippen LogP contribution in [-0.2, 0) is 11.2 Å². The van der Waals surface area contributed by atoms with Crippen molar-refractivity contribution in [2.75, 3.05) is 26.0 Å². The van der Waals surface area contributed by atoms with Gasteiger partial charge in [0.05, 0.1) is 12.8 Å². The number of carbonyl (C=O) groups is 1. The highest BCUT2D eigenvalue weighted by atomic mass is 35.5. The number of amides is 1. The summed E-state index contributed by atoms with van der Waals surface area (Å²) >= 11 is 6.14. The van der Waals surface area contributed by atoms with Gasteiger partial charge < -0.3 is 15.4 Å². The number of rotatable bonds is 5. The van der Waals surface area contributed by atoms with Crippen LogP contribution in [0, 0.1) is 0 Å². The minimum atomic E-state index is -0.142. The molecule has 0 aromatic heterocycles. The van der Waals surface area contributed by atoms with Gasteiger partial charge in [-0.05, 0) is 37.7 Å². The van der Waals surface area contributed by atoms with Crippen LogP contribution in [0.4, 0.5) is 5.69 Å². The van der Waals surface area contributed by atoms with Gasteiger partial charge in [0.25, 0.3) is 0 Å². The number of ether oxygens (including phenoxy) is 1. The van der Waals surface area contributed by atoms with Crippen molar-refractivity contribution in [1.29, 1.82) is 0 Å². The molecule has 0 fully saturated rings. The van der Waals surface area contributed by atoms with Gasteiger partial charge in [-0.3, -0.25) is 4.79 Å². The lowest BCUT2D eigenvalue weighted by Gasteiger charge is -2.15. The molecule has 0 heterocycles. The van der Waals surface area contributed by atoms with Crippen LogP contribution < -0.4 is 15.4 Å². The predicted octanol–water partition coefficient (Wildman–Crippen LogP) is 2.07. The van der Waals surface area contributed by atoms with Gasteiger partial charge >= 0.3 is 0 Å². The third kappa shape index (κ3) is 3.61. The predicted molar refractivity (Wildman–Crippen MR) is 69.9 cm³/mol. The fourth-order valence-electron chi connectivity index (χ4n) is 1.58. The SMILES string of the molecule is CNCCc1c(Cl)ccc(OC)c1NC(C)=O. The van der Waals surface area contributed by atoms with Crippen molar-refractivity contribution in [3.05, 3.63) is 22.7 Å². The van der Waals surface area contributed by atoms with E-state index in [2.05, 4.69) is 10.6 Å². The van der Waals surface area contributed by atoms with E-state index in [1.165, 1.54) is 6.92 Å². The van der Waals surface area contributed by atoms with Gasteiger partial charge in [0.15, 0.2) is 0 Å². The van der Waals surface area contributed by atoms with E-state index in [9.17, 15) is 4.79 Å². The van der Waals surface area contributed by atoms with Crippen LogP contribution in [-0.4, -0.2) is 26.6 Å². The highest BCUT2D eigenvalue weighted by Crippen LogP contribution is 2.34. The molecular formula is C12H17ClN2O2. The topological polar surface area (TPSA) is 50.4 Å². The highest BCUT2D eigenvalue weighted by molar-refractivity contribution is 6.32. The lowest BCUT2D eigenvalue weighted by atomic mass is 10.1. The summed E-state index contributed by atoms with van der Waals surface area (Å²) in [6.07, 6.45) is 0.724. The van der Waals surface area contributed by atoms with E-state index < -0.39 is 0 Å². The molecule has 94 valence electrons. The Hall–Kier alpha value is -1.26. The maximum atomic E-state index is 11.2. The Bertz CT molecular complexity index is 408. The van der Waals surface area contributed by atoms with E-state index in [0.717, 1.165) is 18.5 Å². The molecule has 0 spiro atoms. The Balaban J connectivity index is 3.16. The summed E-state index contributed by atoms with van der Waals surface area (Å²) in [5.41, 5.74) is 1.54. The Labute approximate surface area is 106 Å². The zero-order chi connectivity index (χ0) is 12.8. The average molecular weight is 257 g/mol. The molecule has 0 aliphatic carbocycles. The molecule has 0 atom stereocenters. The molecule has 1 rings (SSSR count). The molecule has 1 aromatic rings. The Morgan fingerprint density at radius 2 is 2.18 bits per heavy atom. The largest absolute Gasteiger partial charge is 0.495 e. The monoisotopic (exact) mass is 256 g/mol. The van der Waals surface area contributed by atoms with Crippen LogP contribution >= 0.6 is 11.6 Å². The summed E-state index contributed by atoms with van der Waals surface area (Å²) < 4.78 is 5.23. The van der Waals surface area contributed by atoms with Crippen LogP contribution in [0.15, 0.2) is 12.1 Å². The zero-order valence-corrected chi connectivity index (χ0v) is 11.0. The van der Waals surface area contributed by atoms with Crippen molar-refractivity contribution >= 4 is 23.2 Å². The van der Waals surface area contributed by atoms with E-state index >= 15 is 0 Å². The number of likely N-dealkylation sites (N-methyl/N-ethyl adjacent to an activating group) is 1. The summed E-state index contributed by atoms with van der Waals surface area (Å²) in [5.74, 6) is 0.479. The number of methoxy groups -OCH3 is 1. The number of hydrogen-bond donors (Lipinski definition) is 2. The lowest BCUT2D eigenvalue weighted by molar-refractivity contribution is -0.114. The van der Waals surface area contributed by atoms with E-state index in [1.807, 2.05) is 7.05 Å². The van der Waals surface area contributed by atoms with Crippen LogP contribution in [0.5, 0.6) is 5.75 Å². The molecule has 0 unspecified atom stereocenters. The molecule has 0 saturated carbocycles. The number of nitrogens with one attached hydrogen (secondary N) is 2. The second-order valence-corrected chi connectivity index (χ2v) is 4.05. The molecule has 4 nitrogen and oxygen atoms in total. The first-order valence-corrected chi connectivity index (χ1v) is 5.75. The van der Waals surface area contributed by atoms with E-state index in [-0.39, 0.29) is 5.91 Å². The van der Waals surface area contributed by atoms with Crippen LogP contribution in [0.3, 0.4) is 0 Å². The number of halogens is 1. The molecule has 0 aliphatic rings. The quantitative estimate of drug-likeness (QED) is 0.848. The van der Waals surface area contributed by atoms with Crippen molar-refractivity contribution in [2.45, 2.75) is 13.3 Å². The fraction of sp³-hybridized carbons (Fsp3) is 0.417. The van der Waals surface area contributed by atoms with Gasteiger partial charge in [0.1, 0.15) is 5.75 Å². The molecule has 1 amide bonds. The molecular weight excluding hydrogens is 240 g/mol. The molecule has 0 saturated heterocycles. The van der Waals surface area contributed by atoms with Gasteiger partial charge in [0, 0.05) is 11.9 Å². The van der Waals surface area contributed by atoms with E-state index in [4.69, 9.17) is 16.3 Å². The van der Waals surface area contributed by atoms with Gasteiger partial charge in [0.2, 0.25) is 5.91 Å². The van der Waals surface area contributed by atoms with Crippen LogP contribution in [0.2, 0.25) is 5.02 Å². The first-order valence-electron chi connectivity index (χ1n) is 5.37. The summed E-state index contributed by atoms with van der Waals surface area (Å²) in [6, 6.07) is 3.52.